The molecule has 1 aromatic heterocycles. The number of hydrogen-bond acceptors (Lipinski definition) is 6. The molecule has 0 saturated carbocycles. The summed E-state index contributed by atoms with van der Waals surface area (Å²) < 4.78 is 27.1. The molecule has 23 heavy (non-hydrogen) atoms. The van der Waals surface area contributed by atoms with E-state index in [1.165, 1.54) is 30.6 Å². The Labute approximate surface area is 142 Å². The zero-order valence-corrected chi connectivity index (χ0v) is 14.6. The molecular formula is C14H20ClN5O2S. The van der Waals surface area contributed by atoms with Crippen LogP contribution < -0.4 is 15.4 Å². The van der Waals surface area contributed by atoms with Gasteiger partial charge in [-0.05, 0) is 38.1 Å². The van der Waals surface area contributed by atoms with Crippen LogP contribution in [0.1, 0.15) is 13.8 Å². The molecule has 0 saturated heterocycles. The highest BCUT2D eigenvalue weighted by molar-refractivity contribution is 7.92. The van der Waals surface area contributed by atoms with Gasteiger partial charge in [0, 0.05) is 24.8 Å². The zero-order chi connectivity index (χ0) is 16.2. The van der Waals surface area contributed by atoms with Gasteiger partial charge >= 0.3 is 0 Å². The third-order valence-electron chi connectivity index (χ3n) is 3.17. The minimum absolute atomic E-state index is 0. The molecule has 0 aliphatic rings. The Morgan fingerprint density at radius 1 is 1.13 bits per heavy atom. The number of benzene rings is 1. The van der Waals surface area contributed by atoms with Crippen molar-refractivity contribution in [3.8, 4) is 0 Å². The van der Waals surface area contributed by atoms with Gasteiger partial charge in [-0.1, -0.05) is 0 Å². The molecule has 0 aliphatic heterocycles. The molecule has 2 rings (SSSR count). The van der Waals surface area contributed by atoms with Gasteiger partial charge in [0.15, 0.2) is 0 Å². The molecule has 3 N–H and O–H groups in total. The molecule has 2 aromatic rings. The second-order valence-electron chi connectivity index (χ2n) is 4.61. The summed E-state index contributed by atoms with van der Waals surface area (Å²) in [7, 11) is -3.70. The van der Waals surface area contributed by atoms with Crippen LogP contribution in [0.15, 0.2) is 41.6 Å². The maximum Gasteiger partial charge on any atom is 0.263 e. The number of nitrogen functional groups attached to an aromatic ring is 1. The van der Waals surface area contributed by atoms with Crippen LogP contribution in [0.5, 0.6) is 0 Å². The van der Waals surface area contributed by atoms with Gasteiger partial charge in [-0.15, -0.1) is 12.4 Å². The monoisotopic (exact) mass is 357 g/mol. The van der Waals surface area contributed by atoms with Crippen LogP contribution in [0.2, 0.25) is 0 Å². The number of halogens is 1. The van der Waals surface area contributed by atoms with E-state index in [9.17, 15) is 8.42 Å². The van der Waals surface area contributed by atoms with Crippen LogP contribution in [0.25, 0.3) is 0 Å². The number of rotatable bonds is 6. The smallest absolute Gasteiger partial charge is 0.263 e. The second-order valence-corrected chi connectivity index (χ2v) is 6.29. The van der Waals surface area contributed by atoms with Gasteiger partial charge in [-0.3, -0.25) is 4.72 Å². The average molecular weight is 358 g/mol. The normalized spacial score (nSPS) is 10.7. The summed E-state index contributed by atoms with van der Waals surface area (Å²) in [5.74, 6) is 0.906. The molecule has 0 amide bonds. The first-order valence-electron chi connectivity index (χ1n) is 6.91. The predicted octanol–water partition coefficient (Wildman–Crippen LogP) is 2.13. The number of nitrogens with zero attached hydrogens (tertiary/aromatic N) is 3. The van der Waals surface area contributed by atoms with Crippen molar-refractivity contribution >= 4 is 39.8 Å². The molecule has 0 spiro atoms. The number of sulfonamides is 1. The quantitative estimate of drug-likeness (QED) is 0.768. The standard InChI is InChI=1S/C14H19N5O2S.ClH/c1-3-19(4-2)14-9-13(16-10-17-14)18-22(20,21)12-7-5-11(15)6-8-12;/h5-10H,3-4,15H2,1-2H3,(H,16,17,18);1H. The highest BCUT2D eigenvalue weighted by atomic mass is 35.5. The van der Waals surface area contributed by atoms with E-state index in [-0.39, 0.29) is 23.1 Å². The first kappa shape index (κ1) is 19.0. The minimum Gasteiger partial charge on any atom is -0.399 e. The summed E-state index contributed by atoms with van der Waals surface area (Å²) in [4.78, 5) is 10.3. The van der Waals surface area contributed by atoms with Crippen molar-refractivity contribution in [2.45, 2.75) is 18.7 Å². The van der Waals surface area contributed by atoms with E-state index in [2.05, 4.69) is 14.7 Å². The molecule has 9 heteroatoms. The summed E-state index contributed by atoms with van der Waals surface area (Å²) in [6.45, 7) is 5.56. The summed E-state index contributed by atoms with van der Waals surface area (Å²) in [6.07, 6.45) is 1.34. The summed E-state index contributed by atoms with van der Waals surface area (Å²) >= 11 is 0. The fourth-order valence-corrected chi connectivity index (χ4v) is 2.97. The van der Waals surface area contributed by atoms with Gasteiger partial charge in [0.05, 0.1) is 4.90 Å². The van der Waals surface area contributed by atoms with Crippen molar-refractivity contribution in [2.75, 3.05) is 28.4 Å². The average Bonchev–Trinajstić information content (AvgIpc) is 2.49. The van der Waals surface area contributed by atoms with Gasteiger partial charge in [-0.2, -0.15) is 0 Å². The molecule has 0 unspecified atom stereocenters. The molecular weight excluding hydrogens is 338 g/mol. The van der Waals surface area contributed by atoms with Crippen LogP contribution in [-0.2, 0) is 10.0 Å². The molecule has 0 fully saturated rings. The number of nitrogens with two attached hydrogens (primary N) is 1. The van der Waals surface area contributed by atoms with E-state index in [1.54, 1.807) is 6.07 Å². The van der Waals surface area contributed by atoms with Gasteiger partial charge in [0.25, 0.3) is 10.0 Å². The molecule has 7 nitrogen and oxygen atoms in total. The van der Waals surface area contributed by atoms with E-state index in [1.807, 2.05) is 18.7 Å². The third-order valence-corrected chi connectivity index (χ3v) is 4.54. The Balaban J connectivity index is 0.00000264. The Kier molecular flexibility index (Phi) is 6.59. The van der Waals surface area contributed by atoms with Gasteiger partial charge < -0.3 is 10.6 Å². The SMILES string of the molecule is CCN(CC)c1cc(NS(=O)(=O)c2ccc(N)cc2)ncn1.Cl. The van der Waals surface area contributed by atoms with E-state index in [4.69, 9.17) is 5.73 Å². The fourth-order valence-electron chi connectivity index (χ4n) is 1.97. The van der Waals surface area contributed by atoms with E-state index >= 15 is 0 Å². The Hall–Kier alpha value is -2.06. The van der Waals surface area contributed by atoms with Crippen LogP contribution >= 0.6 is 12.4 Å². The largest absolute Gasteiger partial charge is 0.399 e. The number of nitrogens with one attached hydrogen (secondary N) is 1. The van der Waals surface area contributed by atoms with Crippen LogP contribution in [0, 0.1) is 0 Å². The molecule has 0 radical (unpaired) electrons. The Morgan fingerprint density at radius 3 is 2.30 bits per heavy atom. The fraction of sp³-hybridized carbons (Fsp3) is 0.286. The highest BCUT2D eigenvalue weighted by Gasteiger charge is 2.15. The van der Waals surface area contributed by atoms with Gasteiger partial charge in [0.1, 0.15) is 18.0 Å². The maximum atomic E-state index is 12.3. The molecule has 0 atom stereocenters. The minimum atomic E-state index is -3.70. The number of aromatic nitrogens is 2. The van der Waals surface area contributed by atoms with E-state index in [0.29, 0.717) is 11.5 Å². The van der Waals surface area contributed by atoms with Crippen molar-refractivity contribution < 1.29 is 8.42 Å². The van der Waals surface area contributed by atoms with Crippen LogP contribution in [0.3, 0.4) is 0 Å². The molecule has 0 aliphatic carbocycles. The Bertz CT molecular complexity index is 733. The summed E-state index contributed by atoms with van der Waals surface area (Å²) in [5.41, 5.74) is 6.07. The molecule has 0 bridgehead atoms. The first-order valence-corrected chi connectivity index (χ1v) is 8.40. The summed E-state index contributed by atoms with van der Waals surface area (Å²) in [6, 6.07) is 7.59. The lowest BCUT2D eigenvalue weighted by atomic mass is 10.3. The zero-order valence-electron chi connectivity index (χ0n) is 12.9. The highest BCUT2D eigenvalue weighted by Crippen LogP contribution is 2.18. The topological polar surface area (TPSA) is 101 Å². The third kappa shape index (κ3) is 4.70. The van der Waals surface area contributed by atoms with Gasteiger partial charge in [0.2, 0.25) is 0 Å². The lowest BCUT2D eigenvalue weighted by Crippen LogP contribution is -2.23. The van der Waals surface area contributed by atoms with E-state index < -0.39 is 10.0 Å². The van der Waals surface area contributed by atoms with Crippen LogP contribution in [-0.4, -0.2) is 31.5 Å². The number of anilines is 3. The van der Waals surface area contributed by atoms with E-state index in [0.717, 1.165) is 13.1 Å². The number of hydrogen-bond donors (Lipinski definition) is 2. The maximum absolute atomic E-state index is 12.3. The summed E-state index contributed by atoms with van der Waals surface area (Å²) in [5, 5.41) is 0. The lowest BCUT2D eigenvalue weighted by molar-refractivity contribution is 0.601. The molecule has 126 valence electrons. The van der Waals surface area contributed by atoms with Crippen LogP contribution in [0.4, 0.5) is 17.3 Å². The second kappa shape index (κ2) is 7.98. The van der Waals surface area contributed by atoms with Crippen molar-refractivity contribution in [2.24, 2.45) is 0 Å². The van der Waals surface area contributed by atoms with Gasteiger partial charge in [-0.25, -0.2) is 18.4 Å². The molecule has 1 aromatic carbocycles. The Morgan fingerprint density at radius 2 is 1.74 bits per heavy atom. The van der Waals surface area contributed by atoms with Crippen molar-refractivity contribution in [3.05, 3.63) is 36.7 Å². The van der Waals surface area contributed by atoms with Crippen molar-refractivity contribution in [3.63, 3.8) is 0 Å². The predicted molar refractivity (Wildman–Crippen MR) is 94.5 cm³/mol. The lowest BCUT2D eigenvalue weighted by Gasteiger charge is -2.19. The molecule has 1 heterocycles. The van der Waals surface area contributed by atoms with Crippen molar-refractivity contribution in [1.29, 1.82) is 0 Å². The van der Waals surface area contributed by atoms with Crippen molar-refractivity contribution in [1.82, 2.24) is 9.97 Å². The first-order chi connectivity index (χ1) is 10.5.